The van der Waals surface area contributed by atoms with Crippen LogP contribution in [0, 0.1) is 13.8 Å². The van der Waals surface area contributed by atoms with Crippen molar-refractivity contribution in [2.75, 3.05) is 5.75 Å². The largest absolute Gasteiger partial charge is 0.461 e. The first-order valence-corrected chi connectivity index (χ1v) is 9.72. The highest BCUT2D eigenvalue weighted by molar-refractivity contribution is 7.99. The summed E-state index contributed by atoms with van der Waals surface area (Å²) in [6, 6.07) is 11.2. The summed E-state index contributed by atoms with van der Waals surface area (Å²) < 4.78 is 17.3. The van der Waals surface area contributed by atoms with E-state index < -0.39 is 5.97 Å². The van der Waals surface area contributed by atoms with Crippen molar-refractivity contribution >= 4 is 17.7 Å². The lowest BCUT2D eigenvalue weighted by Crippen LogP contribution is -2.09. The Hall–Kier alpha value is -3.40. The van der Waals surface area contributed by atoms with E-state index in [0.29, 0.717) is 22.4 Å². The second-order valence-corrected chi connectivity index (χ2v) is 7.21. The van der Waals surface area contributed by atoms with Crippen molar-refractivity contribution in [3.8, 4) is 17.2 Å². The lowest BCUT2D eigenvalue weighted by Gasteiger charge is -2.08. The molecule has 148 valence electrons. The van der Waals surface area contributed by atoms with Crippen LogP contribution in [-0.4, -0.2) is 37.1 Å². The number of aromatic nitrogens is 5. The van der Waals surface area contributed by atoms with Crippen LogP contribution in [0.2, 0.25) is 0 Å². The van der Waals surface area contributed by atoms with Crippen molar-refractivity contribution < 1.29 is 18.5 Å². The van der Waals surface area contributed by atoms with Gasteiger partial charge in [0.15, 0.2) is 5.76 Å². The molecule has 3 aromatic heterocycles. The zero-order valence-electron chi connectivity index (χ0n) is 15.7. The first-order chi connectivity index (χ1) is 14.1. The summed E-state index contributed by atoms with van der Waals surface area (Å²) in [6.45, 7) is 3.98. The van der Waals surface area contributed by atoms with Crippen LogP contribution in [0.4, 0.5) is 0 Å². The molecular weight excluding hydrogens is 394 g/mol. The standard InChI is InChI=1S/C19H17N5O4S/c1-12-5-6-13(2)15(8-12)24-19(20-22-23-24)29-11-18(25)27-10-14-9-17(28-21-14)16-4-3-7-26-16/h3-9H,10-11H2,1-2H3. The maximum absolute atomic E-state index is 12.1. The number of esters is 1. The zero-order valence-corrected chi connectivity index (χ0v) is 16.5. The summed E-state index contributed by atoms with van der Waals surface area (Å²) in [6.07, 6.45) is 1.54. The molecular formula is C19H17N5O4S. The summed E-state index contributed by atoms with van der Waals surface area (Å²) in [7, 11) is 0. The van der Waals surface area contributed by atoms with Gasteiger partial charge < -0.3 is 13.7 Å². The Morgan fingerprint density at radius 2 is 2.10 bits per heavy atom. The molecule has 0 aliphatic carbocycles. The summed E-state index contributed by atoms with van der Waals surface area (Å²) >= 11 is 1.20. The van der Waals surface area contributed by atoms with E-state index in [2.05, 4.69) is 20.7 Å². The highest BCUT2D eigenvalue weighted by Crippen LogP contribution is 2.23. The molecule has 9 nitrogen and oxygen atoms in total. The number of nitrogens with zero attached hydrogens (tertiary/aromatic N) is 5. The number of aryl methyl sites for hydroxylation is 2. The van der Waals surface area contributed by atoms with Gasteiger partial charge in [-0.15, -0.1) is 5.10 Å². The molecule has 0 amide bonds. The maximum Gasteiger partial charge on any atom is 0.316 e. The van der Waals surface area contributed by atoms with Crippen molar-refractivity contribution in [3.05, 3.63) is 59.5 Å². The lowest BCUT2D eigenvalue weighted by molar-refractivity contribution is -0.141. The molecule has 0 fully saturated rings. The average Bonchev–Trinajstić information content (AvgIpc) is 3.47. The van der Waals surface area contributed by atoms with Crippen LogP contribution >= 0.6 is 11.8 Å². The number of carbonyl (C=O) groups excluding carboxylic acids is 1. The maximum atomic E-state index is 12.1. The molecule has 0 unspecified atom stereocenters. The van der Waals surface area contributed by atoms with Gasteiger partial charge in [-0.2, -0.15) is 4.68 Å². The molecule has 4 aromatic rings. The minimum Gasteiger partial charge on any atom is -0.461 e. The minimum absolute atomic E-state index is 0.00549. The van der Waals surface area contributed by atoms with Crippen molar-refractivity contribution in [1.29, 1.82) is 0 Å². The smallest absolute Gasteiger partial charge is 0.316 e. The average molecular weight is 411 g/mol. The molecule has 0 aliphatic heterocycles. The number of rotatable bonds is 7. The highest BCUT2D eigenvalue weighted by Gasteiger charge is 2.15. The SMILES string of the molecule is Cc1ccc(C)c(-n2nnnc2SCC(=O)OCc2cc(-c3ccco3)on2)c1. The van der Waals surface area contributed by atoms with Crippen molar-refractivity contribution in [2.45, 2.75) is 25.6 Å². The van der Waals surface area contributed by atoms with E-state index in [1.54, 1.807) is 29.1 Å². The third-order valence-corrected chi connectivity index (χ3v) is 4.95. The fourth-order valence-electron chi connectivity index (χ4n) is 2.60. The third-order valence-electron chi connectivity index (χ3n) is 4.06. The normalized spacial score (nSPS) is 11.0. The summed E-state index contributed by atoms with van der Waals surface area (Å²) in [5, 5.41) is 16.2. The number of carbonyl (C=O) groups is 1. The van der Waals surface area contributed by atoms with E-state index in [-0.39, 0.29) is 12.4 Å². The van der Waals surface area contributed by atoms with Gasteiger partial charge in [-0.05, 0) is 53.6 Å². The van der Waals surface area contributed by atoms with Crippen molar-refractivity contribution in [1.82, 2.24) is 25.4 Å². The molecule has 4 rings (SSSR count). The minimum atomic E-state index is -0.409. The second kappa shape index (κ2) is 8.31. The molecule has 0 spiro atoms. The number of hydrogen-bond donors (Lipinski definition) is 0. The number of ether oxygens (including phenoxy) is 1. The fraction of sp³-hybridized carbons (Fsp3) is 0.211. The van der Waals surface area contributed by atoms with Gasteiger partial charge in [0, 0.05) is 6.07 Å². The summed E-state index contributed by atoms with van der Waals surface area (Å²) in [5.74, 6) is 0.689. The van der Waals surface area contributed by atoms with Crippen LogP contribution in [0.1, 0.15) is 16.8 Å². The van der Waals surface area contributed by atoms with Gasteiger partial charge in [0.1, 0.15) is 12.3 Å². The van der Waals surface area contributed by atoms with Gasteiger partial charge in [0.05, 0.1) is 17.7 Å². The second-order valence-electron chi connectivity index (χ2n) is 6.27. The van der Waals surface area contributed by atoms with Crippen LogP contribution in [0.5, 0.6) is 0 Å². The van der Waals surface area contributed by atoms with Crippen LogP contribution in [-0.2, 0) is 16.1 Å². The van der Waals surface area contributed by atoms with E-state index in [1.165, 1.54) is 11.8 Å². The van der Waals surface area contributed by atoms with Gasteiger partial charge in [0.2, 0.25) is 10.9 Å². The Morgan fingerprint density at radius 1 is 1.21 bits per heavy atom. The van der Waals surface area contributed by atoms with Gasteiger partial charge in [-0.25, -0.2) is 0 Å². The van der Waals surface area contributed by atoms with E-state index in [9.17, 15) is 4.79 Å². The molecule has 0 saturated carbocycles. The summed E-state index contributed by atoms with van der Waals surface area (Å²) in [5.41, 5.74) is 3.50. The number of hydrogen-bond acceptors (Lipinski definition) is 9. The van der Waals surface area contributed by atoms with Crippen LogP contribution in [0.3, 0.4) is 0 Å². The van der Waals surface area contributed by atoms with E-state index in [4.69, 9.17) is 13.7 Å². The van der Waals surface area contributed by atoms with Crippen molar-refractivity contribution in [3.63, 3.8) is 0 Å². The molecule has 0 radical (unpaired) electrons. The molecule has 3 heterocycles. The fourth-order valence-corrected chi connectivity index (χ4v) is 3.28. The quantitative estimate of drug-likeness (QED) is 0.334. The lowest BCUT2D eigenvalue weighted by atomic mass is 10.1. The topological polar surface area (TPSA) is 109 Å². The van der Waals surface area contributed by atoms with Gasteiger partial charge in [-0.1, -0.05) is 29.1 Å². The Kier molecular flexibility index (Phi) is 5.43. The molecule has 0 N–H and O–H groups in total. The Balaban J connectivity index is 1.34. The van der Waals surface area contributed by atoms with Crippen LogP contribution in [0.25, 0.3) is 17.2 Å². The van der Waals surface area contributed by atoms with Gasteiger partial charge in [-0.3, -0.25) is 4.79 Å². The third kappa shape index (κ3) is 4.37. The summed E-state index contributed by atoms with van der Waals surface area (Å²) in [4.78, 5) is 12.1. The van der Waals surface area contributed by atoms with Crippen molar-refractivity contribution in [2.24, 2.45) is 0 Å². The van der Waals surface area contributed by atoms with E-state index in [0.717, 1.165) is 16.8 Å². The van der Waals surface area contributed by atoms with Gasteiger partial charge in [0.25, 0.3) is 0 Å². The van der Waals surface area contributed by atoms with Crippen LogP contribution in [0.15, 0.2) is 56.8 Å². The molecule has 1 aromatic carbocycles. The van der Waals surface area contributed by atoms with E-state index >= 15 is 0 Å². The molecule has 10 heteroatoms. The molecule has 0 atom stereocenters. The van der Waals surface area contributed by atoms with Gasteiger partial charge >= 0.3 is 5.97 Å². The van der Waals surface area contributed by atoms with Crippen LogP contribution < -0.4 is 0 Å². The Labute approximate surface area is 170 Å². The Bertz CT molecular complexity index is 1120. The number of thioether (sulfide) groups is 1. The zero-order chi connectivity index (χ0) is 20.2. The monoisotopic (exact) mass is 411 g/mol. The predicted molar refractivity (Wildman–Crippen MR) is 103 cm³/mol. The molecule has 29 heavy (non-hydrogen) atoms. The van der Waals surface area contributed by atoms with E-state index in [1.807, 2.05) is 32.0 Å². The number of tetrazole rings is 1. The molecule has 0 saturated heterocycles. The Morgan fingerprint density at radius 3 is 2.93 bits per heavy atom. The molecule has 0 aliphatic rings. The predicted octanol–water partition coefficient (Wildman–Crippen LogP) is 3.36. The number of furan rings is 1. The first kappa shape index (κ1) is 18.9. The molecule has 0 bridgehead atoms. The highest BCUT2D eigenvalue weighted by atomic mass is 32.2. The first-order valence-electron chi connectivity index (χ1n) is 8.74. The number of benzene rings is 1.